The molecule has 4 nitrogen and oxygen atoms in total. The third-order valence-corrected chi connectivity index (χ3v) is 5.61. The Hall–Kier alpha value is -0.130. The van der Waals surface area contributed by atoms with E-state index in [9.17, 15) is 8.42 Å². The van der Waals surface area contributed by atoms with Crippen molar-refractivity contribution in [2.45, 2.75) is 25.8 Å². The van der Waals surface area contributed by atoms with Gasteiger partial charge in [-0.1, -0.05) is 6.92 Å². The summed E-state index contributed by atoms with van der Waals surface area (Å²) in [6.07, 6.45) is 2.52. The zero-order chi connectivity index (χ0) is 11.6. The van der Waals surface area contributed by atoms with Crippen LogP contribution in [-0.4, -0.2) is 57.0 Å². The van der Waals surface area contributed by atoms with Gasteiger partial charge in [0, 0.05) is 24.9 Å². The number of nitrogens with zero attached hydrogens (tertiary/aromatic N) is 1. The Morgan fingerprint density at radius 2 is 2.19 bits per heavy atom. The average molecular weight is 246 g/mol. The Labute approximate surface area is 98.3 Å². The van der Waals surface area contributed by atoms with Gasteiger partial charge in [0.05, 0.1) is 5.75 Å². The van der Waals surface area contributed by atoms with Crippen molar-refractivity contribution in [2.75, 3.05) is 37.7 Å². The molecule has 2 unspecified atom stereocenters. The highest BCUT2D eigenvalue weighted by Crippen LogP contribution is 2.26. The van der Waals surface area contributed by atoms with Crippen LogP contribution in [0.15, 0.2) is 0 Å². The molecule has 0 bridgehead atoms. The number of hydrogen-bond acceptors (Lipinski definition) is 4. The lowest BCUT2D eigenvalue weighted by Crippen LogP contribution is -2.46. The van der Waals surface area contributed by atoms with Crippen LogP contribution < -0.4 is 5.32 Å². The normalized spacial score (nSPS) is 31.6. The van der Waals surface area contributed by atoms with Crippen molar-refractivity contribution in [3.63, 3.8) is 0 Å². The fourth-order valence-corrected chi connectivity index (χ4v) is 3.64. The smallest absolute Gasteiger partial charge is 0.151 e. The molecule has 0 radical (unpaired) electrons. The summed E-state index contributed by atoms with van der Waals surface area (Å²) in [5.41, 5.74) is 0. The van der Waals surface area contributed by atoms with Crippen LogP contribution in [0.25, 0.3) is 0 Å². The van der Waals surface area contributed by atoms with Gasteiger partial charge in [-0.3, -0.25) is 4.90 Å². The molecule has 0 aliphatic carbocycles. The Kier molecular flexibility index (Phi) is 3.87. The highest BCUT2D eigenvalue weighted by atomic mass is 32.2. The van der Waals surface area contributed by atoms with Crippen molar-refractivity contribution in [3.05, 3.63) is 0 Å². The van der Waals surface area contributed by atoms with Crippen molar-refractivity contribution in [1.29, 1.82) is 0 Å². The molecule has 0 aromatic heterocycles. The van der Waals surface area contributed by atoms with Gasteiger partial charge in [-0.2, -0.15) is 0 Å². The van der Waals surface area contributed by atoms with E-state index >= 15 is 0 Å². The van der Waals surface area contributed by atoms with Crippen LogP contribution in [0.1, 0.15) is 19.8 Å². The van der Waals surface area contributed by atoms with E-state index in [1.54, 1.807) is 6.92 Å². The fraction of sp³-hybridized carbons (Fsp3) is 1.00. The highest BCUT2D eigenvalue weighted by molar-refractivity contribution is 7.91. The third kappa shape index (κ3) is 2.76. The maximum atomic E-state index is 11.5. The van der Waals surface area contributed by atoms with E-state index in [4.69, 9.17) is 0 Å². The summed E-state index contributed by atoms with van der Waals surface area (Å²) in [6.45, 7) is 5.67. The van der Waals surface area contributed by atoms with Gasteiger partial charge in [0.2, 0.25) is 0 Å². The molecule has 2 rings (SSSR count). The van der Waals surface area contributed by atoms with E-state index in [1.165, 1.54) is 12.8 Å². The number of fused-ring (bicyclic) bond motifs is 1. The first-order valence-corrected chi connectivity index (χ1v) is 8.09. The van der Waals surface area contributed by atoms with Crippen LogP contribution in [0.2, 0.25) is 0 Å². The molecular formula is C11H22N2O2S. The number of likely N-dealkylation sites (tertiary alicyclic amines) is 1. The Bertz CT molecular complexity index is 329. The predicted octanol–water partition coefficient (Wildman–Crippen LogP) is 0.105. The molecule has 0 aromatic rings. The van der Waals surface area contributed by atoms with Crippen LogP contribution in [-0.2, 0) is 9.84 Å². The number of piperidine rings is 1. The lowest BCUT2D eigenvalue weighted by atomic mass is 9.92. The molecular weight excluding hydrogens is 224 g/mol. The molecule has 0 saturated carbocycles. The quantitative estimate of drug-likeness (QED) is 0.764. The minimum Gasteiger partial charge on any atom is -0.315 e. The number of hydrogen-bond donors (Lipinski definition) is 1. The standard InChI is InChI=1S/C11H22N2O2S/c1-2-16(14,15)7-6-13-5-3-4-10-8-12-9-11(10)13/h10-12H,2-9H2,1H3. The lowest BCUT2D eigenvalue weighted by molar-refractivity contribution is 0.133. The Morgan fingerprint density at radius 3 is 2.94 bits per heavy atom. The largest absolute Gasteiger partial charge is 0.315 e. The summed E-state index contributed by atoms with van der Waals surface area (Å²) in [4.78, 5) is 2.38. The number of rotatable bonds is 4. The topological polar surface area (TPSA) is 49.4 Å². The minimum atomic E-state index is -2.81. The molecule has 94 valence electrons. The molecule has 1 N–H and O–H groups in total. The van der Waals surface area contributed by atoms with E-state index < -0.39 is 9.84 Å². The van der Waals surface area contributed by atoms with E-state index in [0.29, 0.717) is 11.8 Å². The average Bonchev–Trinajstić information content (AvgIpc) is 2.75. The Balaban J connectivity index is 1.89. The van der Waals surface area contributed by atoms with Crippen molar-refractivity contribution >= 4 is 9.84 Å². The zero-order valence-electron chi connectivity index (χ0n) is 9.98. The van der Waals surface area contributed by atoms with Crippen molar-refractivity contribution in [1.82, 2.24) is 10.2 Å². The molecule has 2 saturated heterocycles. The molecule has 2 atom stereocenters. The monoisotopic (exact) mass is 246 g/mol. The van der Waals surface area contributed by atoms with E-state index in [0.717, 1.165) is 32.1 Å². The van der Waals surface area contributed by atoms with E-state index in [2.05, 4.69) is 10.2 Å². The minimum absolute atomic E-state index is 0.271. The van der Waals surface area contributed by atoms with Gasteiger partial charge in [0.1, 0.15) is 0 Å². The summed E-state index contributed by atoms with van der Waals surface area (Å²) < 4.78 is 23.0. The summed E-state index contributed by atoms with van der Waals surface area (Å²) in [6, 6.07) is 0.584. The molecule has 16 heavy (non-hydrogen) atoms. The van der Waals surface area contributed by atoms with Gasteiger partial charge in [0.25, 0.3) is 0 Å². The zero-order valence-corrected chi connectivity index (χ0v) is 10.8. The Morgan fingerprint density at radius 1 is 1.38 bits per heavy atom. The summed E-state index contributed by atoms with van der Waals surface area (Å²) in [5.74, 6) is 1.35. The van der Waals surface area contributed by atoms with Gasteiger partial charge < -0.3 is 5.32 Å². The first-order valence-electron chi connectivity index (χ1n) is 6.27. The maximum Gasteiger partial charge on any atom is 0.151 e. The van der Waals surface area contributed by atoms with Gasteiger partial charge >= 0.3 is 0 Å². The molecule has 2 fully saturated rings. The number of nitrogens with one attached hydrogen (secondary N) is 1. The third-order valence-electron chi connectivity index (χ3n) is 3.92. The van der Waals surface area contributed by atoms with Gasteiger partial charge in [-0.05, 0) is 31.8 Å². The second-order valence-corrected chi connectivity index (χ2v) is 7.37. The molecule has 0 spiro atoms. The molecule has 0 amide bonds. The maximum absolute atomic E-state index is 11.5. The molecule has 0 aromatic carbocycles. The fourth-order valence-electron chi connectivity index (χ4n) is 2.84. The van der Waals surface area contributed by atoms with Crippen LogP contribution in [0.3, 0.4) is 0 Å². The van der Waals surface area contributed by atoms with Crippen LogP contribution in [0, 0.1) is 5.92 Å². The molecule has 2 aliphatic heterocycles. The summed E-state index contributed by atoms with van der Waals surface area (Å²) >= 11 is 0. The van der Waals surface area contributed by atoms with Gasteiger partial charge in [-0.25, -0.2) is 8.42 Å². The van der Waals surface area contributed by atoms with Crippen molar-refractivity contribution < 1.29 is 8.42 Å². The van der Waals surface area contributed by atoms with Crippen LogP contribution in [0.5, 0.6) is 0 Å². The first-order chi connectivity index (χ1) is 7.62. The molecule has 2 aliphatic rings. The lowest BCUT2D eigenvalue weighted by Gasteiger charge is -2.36. The highest BCUT2D eigenvalue weighted by Gasteiger charge is 2.34. The van der Waals surface area contributed by atoms with E-state index in [1.807, 2.05) is 0 Å². The molecule has 5 heteroatoms. The van der Waals surface area contributed by atoms with Crippen LogP contribution >= 0.6 is 0 Å². The van der Waals surface area contributed by atoms with Crippen LogP contribution in [0.4, 0.5) is 0 Å². The van der Waals surface area contributed by atoms with Crippen molar-refractivity contribution in [3.8, 4) is 0 Å². The van der Waals surface area contributed by atoms with Gasteiger partial charge in [-0.15, -0.1) is 0 Å². The number of sulfone groups is 1. The van der Waals surface area contributed by atoms with E-state index in [-0.39, 0.29) is 5.75 Å². The summed E-state index contributed by atoms with van der Waals surface area (Å²) in [5, 5.41) is 3.41. The SMILES string of the molecule is CCS(=O)(=O)CCN1CCCC2CNCC21. The second kappa shape index (κ2) is 5.02. The predicted molar refractivity (Wildman–Crippen MR) is 65.3 cm³/mol. The molecule has 2 heterocycles. The van der Waals surface area contributed by atoms with Crippen molar-refractivity contribution in [2.24, 2.45) is 5.92 Å². The van der Waals surface area contributed by atoms with Gasteiger partial charge in [0.15, 0.2) is 9.84 Å². The second-order valence-electron chi connectivity index (χ2n) is 4.90. The first kappa shape index (κ1) is 12.3. The summed E-state index contributed by atoms with van der Waals surface area (Å²) in [7, 11) is -2.81.